The zero-order chi connectivity index (χ0) is 17.0. The molecule has 0 aromatic carbocycles. The highest BCUT2D eigenvalue weighted by Gasteiger charge is 2.01. The van der Waals surface area contributed by atoms with Gasteiger partial charge in [0.15, 0.2) is 0 Å². The maximum absolute atomic E-state index is 5.63. The van der Waals surface area contributed by atoms with E-state index in [0.717, 1.165) is 6.61 Å². The number of hydrogen-bond acceptors (Lipinski definition) is 2. The first-order chi connectivity index (χ1) is 11.3. The van der Waals surface area contributed by atoms with E-state index < -0.39 is 9.28 Å². The molecule has 0 rings (SSSR count). The Morgan fingerprint density at radius 2 is 0.913 bits per heavy atom. The molecule has 0 saturated heterocycles. The van der Waals surface area contributed by atoms with Crippen molar-refractivity contribution in [1.29, 1.82) is 0 Å². The molecule has 0 amide bonds. The summed E-state index contributed by atoms with van der Waals surface area (Å²) in [6.45, 7) is 5.28. The fourth-order valence-electron chi connectivity index (χ4n) is 2.97. The Bertz CT molecular complexity index is 212. The molecule has 0 spiro atoms. The first-order valence-electron chi connectivity index (χ1n) is 10.5. The standard InChI is InChI=1S/C20H44O2Si/c1-4-5-6-7-8-9-10-11-12-13-14-15-16-17-18-19-20-22-23(3)21-2/h23H,4-20H2,1-3H3. The van der Waals surface area contributed by atoms with Crippen LogP contribution in [0.3, 0.4) is 0 Å². The fraction of sp³-hybridized carbons (Fsp3) is 1.00. The third-order valence-electron chi connectivity index (χ3n) is 4.68. The molecule has 23 heavy (non-hydrogen) atoms. The molecule has 0 saturated carbocycles. The second-order valence-electron chi connectivity index (χ2n) is 6.98. The highest BCUT2D eigenvalue weighted by molar-refractivity contribution is 6.42. The summed E-state index contributed by atoms with van der Waals surface area (Å²) in [7, 11) is 0.479. The molecule has 0 heterocycles. The molecule has 1 atom stereocenters. The molecular formula is C20H44O2Si. The molecule has 0 bridgehead atoms. The van der Waals surface area contributed by atoms with Gasteiger partial charge in [-0.25, -0.2) is 0 Å². The largest absolute Gasteiger partial charge is 0.400 e. The van der Waals surface area contributed by atoms with Crippen molar-refractivity contribution in [2.45, 2.75) is 116 Å². The van der Waals surface area contributed by atoms with Gasteiger partial charge in [0.1, 0.15) is 0 Å². The Labute approximate surface area is 148 Å². The number of rotatable bonds is 19. The highest BCUT2D eigenvalue weighted by atomic mass is 28.3. The Balaban J connectivity index is 2.97. The van der Waals surface area contributed by atoms with Crippen LogP contribution in [0.15, 0.2) is 0 Å². The molecule has 0 aliphatic rings. The molecule has 1 unspecified atom stereocenters. The Morgan fingerprint density at radius 1 is 0.565 bits per heavy atom. The van der Waals surface area contributed by atoms with Gasteiger partial charge >= 0.3 is 9.28 Å². The van der Waals surface area contributed by atoms with Crippen LogP contribution in [0.25, 0.3) is 0 Å². The summed E-state index contributed by atoms with van der Waals surface area (Å²) in [4.78, 5) is 0. The van der Waals surface area contributed by atoms with E-state index >= 15 is 0 Å². The van der Waals surface area contributed by atoms with Gasteiger partial charge in [0.05, 0.1) is 0 Å². The van der Waals surface area contributed by atoms with Crippen LogP contribution >= 0.6 is 0 Å². The fourth-order valence-corrected chi connectivity index (χ4v) is 3.60. The van der Waals surface area contributed by atoms with Crippen LogP contribution in [0.4, 0.5) is 0 Å². The van der Waals surface area contributed by atoms with Crippen LogP contribution in [0.1, 0.15) is 110 Å². The highest BCUT2D eigenvalue weighted by Crippen LogP contribution is 2.13. The monoisotopic (exact) mass is 344 g/mol. The lowest BCUT2D eigenvalue weighted by atomic mass is 10.0. The number of hydrogen-bond donors (Lipinski definition) is 0. The predicted octanol–water partition coefficient (Wildman–Crippen LogP) is 6.76. The molecule has 0 fully saturated rings. The molecule has 3 heteroatoms. The minimum atomic E-state index is -1.28. The molecule has 0 aliphatic carbocycles. The van der Waals surface area contributed by atoms with E-state index in [4.69, 9.17) is 8.85 Å². The van der Waals surface area contributed by atoms with Crippen molar-refractivity contribution in [3.63, 3.8) is 0 Å². The van der Waals surface area contributed by atoms with Crippen molar-refractivity contribution in [2.24, 2.45) is 0 Å². The van der Waals surface area contributed by atoms with Gasteiger partial charge < -0.3 is 8.85 Å². The van der Waals surface area contributed by atoms with Gasteiger partial charge in [-0.3, -0.25) is 0 Å². The maximum Gasteiger partial charge on any atom is 0.317 e. The summed E-state index contributed by atoms with van der Waals surface area (Å²) in [6, 6.07) is 0. The Hall–Kier alpha value is 0.137. The van der Waals surface area contributed by atoms with E-state index in [1.807, 2.05) is 0 Å². The average molecular weight is 345 g/mol. The first kappa shape index (κ1) is 23.1. The van der Waals surface area contributed by atoms with Gasteiger partial charge in [-0.2, -0.15) is 0 Å². The van der Waals surface area contributed by atoms with Crippen LogP contribution in [0.5, 0.6) is 0 Å². The second-order valence-corrected chi connectivity index (χ2v) is 8.92. The summed E-state index contributed by atoms with van der Waals surface area (Å²) >= 11 is 0. The van der Waals surface area contributed by atoms with Gasteiger partial charge in [-0.05, 0) is 13.0 Å². The topological polar surface area (TPSA) is 18.5 Å². The minimum absolute atomic E-state index is 0.902. The van der Waals surface area contributed by atoms with Gasteiger partial charge in [0.25, 0.3) is 0 Å². The summed E-state index contributed by atoms with van der Waals surface area (Å²) < 4.78 is 10.8. The predicted molar refractivity (Wildman–Crippen MR) is 106 cm³/mol. The molecule has 2 nitrogen and oxygen atoms in total. The third kappa shape index (κ3) is 20.1. The molecular weight excluding hydrogens is 300 g/mol. The maximum atomic E-state index is 5.63. The Kier molecular flexibility index (Phi) is 20.3. The van der Waals surface area contributed by atoms with Crippen LogP contribution in [-0.4, -0.2) is 23.0 Å². The van der Waals surface area contributed by atoms with E-state index in [1.54, 1.807) is 7.11 Å². The summed E-state index contributed by atoms with van der Waals surface area (Å²) in [5.41, 5.74) is 0. The quantitative estimate of drug-likeness (QED) is 0.190. The van der Waals surface area contributed by atoms with Crippen molar-refractivity contribution in [3.8, 4) is 0 Å². The van der Waals surface area contributed by atoms with Gasteiger partial charge in [-0.15, -0.1) is 0 Å². The Morgan fingerprint density at radius 3 is 1.26 bits per heavy atom. The summed E-state index contributed by atoms with van der Waals surface area (Å²) in [6.07, 6.45) is 22.7. The third-order valence-corrected chi connectivity index (χ3v) is 6.05. The smallest absolute Gasteiger partial charge is 0.317 e. The van der Waals surface area contributed by atoms with Crippen molar-refractivity contribution in [1.82, 2.24) is 0 Å². The summed E-state index contributed by atoms with van der Waals surface area (Å²) in [5.74, 6) is 0. The zero-order valence-electron chi connectivity index (χ0n) is 16.4. The minimum Gasteiger partial charge on any atom is -0.400 e. The van der Waals surface area contributed by atoms with E-state index in [-0.39, 0.29) is 0 Å². The van der Waals surface area contributed by atoms with Crippen LogP contribution in [0, 0.1) is 0 Å². The SMILES string of the molecule is CCCCCCCCCCCCCCCCCCO[SiH](C)OC. The lowest BCUT2D eigenvalue weighted by Crippen LogP contribution is -2.16. The lowest BCUT2D eigenvalue weighted by molar-refractivity contribution is 0.229. The second kappa shape index (κ2) is 20.2. The number of unbranched alkanes of at least 4 members (excludes halogenated alkanes) is 15. The van der Waals surface area contributed by atoms with Crippen molar-refractivity contribution < 1.29 is 8.85 Å². The van der Waals surface area contributed by atoms with Gasteiger partial charge in [-0.1, -0.05) is 103 Å². The molecule has 0 aromatic rings. The van der Waals surface area contributed by atoms with Crippen LogP contribution in [-0.2, 0) is 8.85 Å². The van der Waals surface area contributed by atoms with Crippen LogP contribution in [0.2, 0.25) is 6.55 Å². The van der Waals surface area contributed by atoms with Crippen molar-refractivity contribution in [2.75, 3.05) is 13.7 Å². The van der Waals surface area contributed by atoms with Crippen molar-refractivity contribution in [3.05, 3.63) is 0 Å². The average Bonchev–Trinajstić information content (AvgIpc) is 2.57. The molecule has 0 aliphatic heterocycles. The van der Waals surface area contributed by atoms with E-state index in [1.165, 1.54) is 103 Å². The van der Waals surface area contributed by atoms with E-state index in [0.29, 0.717) is 0 Å². The van der Waals surface area contributed by atoms with E-state index in [9.17, 15) is 0 Å². The van der Waals surface area contributed by atoms with Gasteiger partial charge in [0.2, 0.25) is 0 Å². The van der Waals surface area contributed by atoms with Gasteiger partial charge in [0, 0.05) is 13.7 Å². The molecule has 140 valence electrons. The summed E-state index contributed by atoms with van der Waals surface area (Å²) in [5, 5.41) is 0. The first-order valence-corrected chi connectivity index (χ1v) is 12.6. The normalized spacial score (nSPS) is 12.7. The molecule has 0 radical (unpaired) electrons. The van der Waals surface area contributed by atoms with Crippen LogP contribution < -0.4 is 0 Å². The zero-order valence-corrected chi connectivity index (χ0v) is 17.6. The molecule has 0 N–H and O–H groups in total. The van der Waals surface area contributed by atoms with Crippen molar-refractivity contribution >= 4 is 9.28 Å². The molecule has 0 aromatic heterocycles. The lowest BCUT2D eigenvalue weighted by Gasteiger charge is -2.08. The van der Waals surface area contributed by atoms with E-state index in [2.05, 4.69) is 13.5 Å².